The molecule has 4 nitrogen and oxygen atoms in total. The van der Waals surface area contributed by atoms with Gasteiger partial charge in [-0.3, -0.25) is 9.20 Å². The number of anilines is 1. The van der Waals surface area contributed by atoms with E-state index in [1.165, 1.54) is 0 Å². The van der Waals surface area contributed by atoms with E-state index in [0.717, 1.165) is 40.1 Å². The number of aryl methyl sites for hydroxylation is 3. The van der Waals surface area contributed by atoms with Crippen molar-refractivity contribution in [1.82, 2.24) is 9.38 Å². The molecule has 1 N–H and O–H groups in total. The number of amides is 1. The standard InChI is InChI=1S/C19H21N3O/c1-5-15-18(22-10-9-12(2)11-17(22)20-15)19(23)21-16-8-6-7-13(3)14(16)4/h6-11H,5H2,1-4H3,(H,21,23). The summed E-state index contributed by atoms with van der Waals surface area (Å²) in [4.78, 5) is 17.4. The molecular weight excluding hydrogens is 286 g/mol. The second-order valence-corrected chi connectivity index (χ2v) is 5.89. The second-order valence-electron chi connectivity index (χ2n) is 5.89. The summed E-state index contributed by atoms with van der Waals surface area (Å²) in [6.45, 7) is 8.10. The van der Waals surface area contributed by atoms with Crippen molar-refractivity contribution in [3.63, 3.8) is 0 Å². The Balaban J connectivity index is 2.05. The van der Waals surface area contributed by atoms with E-state index in [4.69, 9.17) is 0 Å². The van der Waals surface area contributed by atoms with Gasteiger partial charge < -0.3 is 5.32 Å². The molecule has 0 spiro atoms. The molecule has 2 aromatic heterocycles. The predicted molar refractivity (Wildman–Crippen MR) is 93.2 cm³/mol. The summed E-state index contributed by atoms with van der Waals surface area (Å²) in [7, 11) is 0. The highest BCUT2D eigenvalue weighted by molar-refractivity contribution is 6.05. The molecule has 0 atom stereocenters. The van der Waals surface area contributed by atoms with Crippen LogP contribution in [-0.4, -0.2) is 15.3 Å². The van der Waals surface area contributed by atoms with Crippen LogP contribution in [0, 0.1) is 20.8 Å². The van der Waals surface area contributed by atoms with Gasteiger partial charge in [-0.25, -0.2) is 4.98 Å². The van der Waals surface area contributed by atoms with Crippen LogP contribution in [0.3, 0.4) is 0 Å². The number of imidazole rings is 1. The van der Waals surface area contributed by atoms with Crippen LogP contribution in [0.2, 0.25) is 0 Å². The first-order valence-corrected chi connectivity index (χ1v) is 7.86. The van der Waals surface area contributed by atoms with Crippen molar-refractivity contribution < 1.29 is 4.79 Å². The number of fused-ring (bicyclic) bond motifs is 1. The minimum atomic E-state index is -0.119. The number of nitrogens with one attached hydrogen (secondary N) is 1. The van der Waals surface area contributed by atoms with E-state index in [0.29, 0.717) is 5.69 Å². The smallest absolute Gasteiger partial charge is 0.274 e. The van der Waals surface area contributed by atoms with Crippen LogP contribution in [0.1, 0.15) is 39.8 Å². The highest BCUT2D eigenvalue weighted by Gasteiger charge is 2.19. The molecule has 3 aromatic rings. The highest BCUT2D eigenvalue weighted by atomic mass is 16.2. The Morgan fingerprint density at radius 3 is 2.74 bits per heavy atom. The van der Waals surface area contributed by atoms with Gasteiger partial charge in [0.25, 0.3) is 5.91 Å². The number of hydrogen-bond acceptors (Lipinski definition) is 2. The fourth-order valence-corrected chi connectivity index (χ4v) is 2.75. The molecule has 4 heteroatoms. The molecule has 0 radical (unpaired) electrons. The Morgan fingerprint density at radius 2 is 2.00 bits per heavy atom. The first-order valence-electron chi connectivity index (χ1n) is 7.86. The highest BCUT2D eigenvalue weighted by Crippen LogP contribution is 2.21. The van der Waals surface area contributed by atoms with Gasteiger partial charge in [0.05, 0.1) is 5.69 Å². The maximum absolute atomic E-state index is 12.8. The van der Waals surface area contributed by atoms with Crippen molar-refractivity contribution in [3.05, 3.63) is 64.6 Å². The van der Waals surface area contributed by atoms with E-state index in [2.05, 4.69) is 10.3 Å². The zero-order valence-electron chi connectivity index (χ0n) is 14.0. The summed E-state index contributed by atoms with van der Waals surface area (Å²) >= 11 is 0. The van der Waals surface area contributed by atoms with Crippen molar-refractivity contribution in [2.24, 2.45) is 0 Å². The fraction of sp³-hybridized carbons (Fsp3) is 0.263. The molecule has 3 rings (SSSR count). The lowest BCUT2D eigenvalue weighted by atomic mass is 10.1. The summed E-state index contributed by atoms with van der Waals surface area (Å²) in [5.74, 6) is -0.119. The Morgan fingerprint density at radius 1 is 1.22 bits per heavy atom. The summed E-state index contributed by atoms with van der Waals surface area (Å²) in [5, 5.41) is 3.04. The molecule has 2 heterocycles. The van der Waals surface area contributed by atoms with E-state index in [9.17, 15) is 4.79 Å². The molecule has 0 fully saturated rings. The van der Waals surface area contributed by atoms with E-state index >= 15 is 0 Å². The first kappa shape index (κ1) is 15.3. The van der Waals surface area contributed by atoms with Crippen LogP contribution in [0.5, 0.6) is 0 Å². The Bertz CT molecular complexity index is 893. The Kier molecular flexibility index (Phi) is 3.90. The number of carbonyl (C=O) groups is 1. The van der Waals surface area contributed by atoms with Crippen molar-refractivity contribution in [3.8, 4) is 0 Å². The van der Waals surface area contributed by atoms with Gasteiger partial charge in [-0.1, -0.05) is 19.1 Å². The molecule has 0 aliphatic carbocycles. The number of hydrogen-bond donors (Lipinski definition) is 1. The summed E-state index contributed by atoms with van der Waals surface area (Å²) < 4.78 is 1.87. The quantitative estimate of drug-likeness (QED) is 0.792. The molecular formula is C19H21N3O. The van der Waals surface area contributed by atoms with Gasteiger partial charge >= 0.3 is 0 Å². The second kappa shape index (κ2) is 5.88. The predicted octanol–water partition coefficient (Wildman–Crippen LogP) is 4.07. The molecule has 1 aromatic carbocycles. The number of aromatic nitrogens is 2. The summed E-state index contributed by atoms with van der Waals surface area (Å²) in [6, 6.07) is 9.91. The van der Waals surface area contributed by atoms with Gasteiger partial charge in [-0.05, 0) is 62.1 Å². The SMILES string of the molecule is CCc1nc2cc(C)ccn2c1C(=O)Nc1cccc(C)c1C. The monoisotopic (exact) mass is 307 g/mol. The number of rotatable bonds is 3. The number of carbonyl (C=O) groups excluding carboxylic acids is 1. The van der Waals surface area contributed by atoms with Gasteiger partial charge in [0, 0.05) is 11.9 Å². The maximum Gasteiger partial charge on any atom is 0.274 e. The minimum absolute atomic E-state index is 0.119. The van der Waals surface area contributed by atoms with Crippen LogP contribution < -0.4 is 5.32 Å². The summed E-state index contributed by atoms with van der Waals surface area (Å²) in [6.07, 6.45) is 2.63. The van der Waals surface area contributed by atoms with Crippen LogP contribution >= 0.6 is 0 Å². The summed E-state index contributed by atoms with van der Waals surface area (Å²) in [5.41, 5.74) is 6.47. The van der Waals surface area contributed by atoms with Gasteiger partial charge in [0.2, 0.25) is 0 Å². The topological polar surface area (TPSA) is 46.4 Å². The average molecular weight is 307 g/mol. The third kappa shape index (κ3) is 2.72. The number of benzene rings is 1. The normalized spacial score (nSPS) is 11.0. The van der Waals surface area contributed by atoms with Crippen molar-refractivity contribution in [2.75, 3.05) is 5.32 Å². The Hall–Kier alpha value is -2.62. The molecule has 0 aliphatic heterocycles. The molecule has 23 heavy (non-hydrogen) atoms. The lowest BCUT2D eigenvalue weighted by Gasteiger charge is -2.11. The fourth-order valence-electron chi connectivity index (χ4n) is 2.75. The maximum atomic E-state index is 12.8. The van der Waals surface area contributed by atoms with Crippen LogP contribution in [0.15, 0.2) is 36.5 Å². The molecule has 0 bridgehead atoms. The lowest BCUT2D eigenvalue weighted by Crippen LogP contribution is -2.17. The molecule has 0 aliphatic rings. The van der Waals surface area contributed by atoms with Crippen LogP contribution in [0.25, 0.3) is 5.65 Å². The van der Waals surface area contributed by atoms with Crippen molar-refractivity contribution in [1.29, 1.82) is 0 Å². The van der Waals surface area contributed by atoms with E-state index in [-0.39, 0.29) is 5.91 Å². The zero-order chi connectivity index (χ0) is 16.6. The Labute approximate surface area is 136 Å². The lowest BCUT2D eigenvalue weighted by molar-refractivity contribution is 0.102. The third-order valence-electron chi connectivity index (χ3n) is 4.26. The molecule has 1 amide bonds. The largest absolute Gasteiger partial charge is 0.320 e. The first-order chi connectivity index (χ1) is 11.0. The minimum Gasteiger partial charge on any atom is -0.320 e. The number of pyridine rings is 1. The van der Waals surface area contributed by atoms with Gasteiger partial charge in [-0.15, -0.1) is 0 Å². The number of nitrogens with zero attached hydrogens (tertiary/aromatic N) is 2. The van der Waals surface area contributed by atoms with E-state index in [1.54, 1.807) is 0 Å². The molecule has 0 unspecified atom stereocenters. The average Bonchev–Trinajstić information content (AvgIpc) is 2.89. The molecule has 0 saturated heterocycles. The molecule has 118 valence electrons. The zero-order valence-corrected chi connectivity index (χ0v) is 14.0. The van der Waals surface area contributed by atoms with Gasteiger partial charge in [0.1, 0.15) is 11.3 Å². The van der Waals surface area contributed by atoms with Crippen molar-refractivity contribution >= 4 is 17.2 Å². The van der Waals surface area contributed by atoms with E-state index < -0.39 is 0 Å². The van der Waals surface area contributed by atoms with Gasteiger partial charge in [0.15, 0.2) is 0 Å². The molecule has 0 saturated carbocycles. The van der Waals surface area contributed by atoms with Crippen molar-refractivity contribution in [2.45, 2.75) is 34.1 Å². The van der Waals surface area contributed by atoms with Gasteiger partial charge in [-0.2, -0.15) is 0 Å². The van der Waals surface area contributed by atoms with Crippen LogP contribution in [-0.2, 0) is 6.42 Å². The third-order valence-corrected chi connectivity index (χ3v) is 4.26. The van der Waals surface area contributed by atoms with E-state index in [1.807, 2.05) is 68.6 Å². The van der Waals surface area contributed by atoms with Crippen LogP contribution in [0.4, 0.5) is 5.69 Å².